The normalized spacial score (nSPS) is 29.5. The van der Waals surface area contributed by atoms with E-state index in [4.69, 9.17) is 19.9 Å². The standard InChI is InChI=1S/C13H19N5O7/c1-23-2-3-24-13(22)8(20)6(4-19)25-11(13)18-5-15-7-9(18)16-12(14)17-10(7)21/h5-6,8,11,19-20,22H,2-4H2,1H3,(H3,14,16,17,21)/t6-,8-,11-,13+/m1/s1. The van der Waals surface area contributed by atoms with Gasteiger partial charge in [0.1, 0.15) is 12.2 Å². The first-order valence-corrected chi connectivity index (χ1v) is 7.44. The molecule has 1 aliphatic heterocycles. The van der Waals surface area contributed by atoms with Crippen LogP contribution >= 0.6 is 0 Å². The third-order valence-electron chi connectivity index (χ3n) is 3.94. The monoisotopic (exact) mass is 357 g/mol. The fourth-order valence-corrected chi connectivity index (χ4v) is 2.72. The van der Waals surface area contributed by atoms with E-state index in [0.29, 0.717) is 0 Å². The second-order valence-corrected chi connectivity index (χ2v) is 5.52. The molecule has 1 aliphatic rings. The first-order chi connectivity index (χ1) is 11.9. The lowest BCUT2D eigenvalue weighted by molar-refractivity contribution is -0.279. The number of nitrogen functional groups attached to an aromatic ring is 1. The molecular formula is C13H19N5O7. The van der Waals surface area contributed by atoms with Crippen molar-refractivity contribution in [1.29, 1.82) is 0 Å². The fraction of sp³-hybridized carbons (Fsp3) is 0.615. The molecule has 1 fully saturated rings. The Balaban J connectivity index is 2.05. The van der Waals surface area contributed by atoms with Crippen LogP contribution in [0.1, 0.15) is 6.23 Å². The van der Waals surface area contributed by atoms with Crippen LogP contribution in [0, 0.1) is 0 Å². The molecule has 0 aliphatic carbocycles. The zero-order valence-electron chi connectivity index (χ0n) is 13.3. The number of fused-ring (bicyclic) bond motifs is 1. The number of hydrogen-bond acceptors (Lipinski definition) is 10. The van der Waals surface area contributed by atoms with E-state index in [1.807, 2.05) is 0 Å². The van der Waals surface area contributed by atoms with Crippen molar-refractivity contribution in [3.8, 4) is 0 Å². The molecule has 0 radical (unpaired) electrons. The maximum absolute atomic E-state index is 11.9. The van der Waals surface area contributed by atoms with Gasteiger partial charge in [-0.25, -0.2) is 4.98 Å². The van der Waals surface area contributed by atoms with Gasteiger partial charge in [-0.1, -0.05) is 0 Å². The lowest BCUT2D eigenvalue weighted by Gasteiger charge is -2.31. The Morgan fingerprint density at radius 2 is 2.28 bits per heavy atom. The minimum atomic E-state index is -2.22. The molecule has 138 valence electrons. The Morgan fingerprint density at radius 3 is 2.96 bits per heavy atom. The van der Waals surface area contributed by atoms with Gasteiger partial charge in [-0.15, -0.1) is 0 Å². The van der Waals surface area contributed by atoms with E-state index >= 15 is 0 Å². The van der Waals surface area contributed by atoms with Gasteiger partial charge in [-0.2, -0.15) is 4.98 Å². The van der Waals surface area contributed by atoms with Crippen LogP contribution in [-0.2, 0) is 14.2 Å². The third kappa shape index (κ3) is 2.88. The molecule has 0 spiro atoms. The van der Waals surface area contributed by atoms with Gasteiger partial charge < -0.3 is 35.3 Å². The second-order valence-electron chi connectivity index (χ2n) is 5.52. The van der Waals surface area contributed by atoms with E-state index in [1.165, 1.54) is 18.0 Å². The van der Waals surface area contributed by atoms with E-state index in [0.717, 1.165) is 0 Å². The number of methoxy groups -OCH3 is 1. The molecular weight excluding hydrogens is 338 g/mol. The van der Waals surface area contributed by atoms with Gasteiger partial charge in [0.25, 0.3) is 5.56 Å². The molecule has 4 atom stereocenters. The smallest absolute Gasteiger partial charge is 0.280 e. The molecule has 0 saturated carbocycles. The molecule has 12 heteroatoms. The first kappa shape index (κ1) is 17.7. The van der Waals surface area contributed by atoms with Crippen molar-refractivity contribution in [2.45, 2.75) is 24.2 Å². The predicted octanol–water partition coefficient (Wildman–Crippen LogP) is -2.70. The number of nitrogens with two attached hydrogens (primary N) is 1. The number of aliphatic hydroxyl groups is 3. The number of imidazole rings is 1. The lowest BCUT2D eigenvalue weighted by Crippen LogP contribution is -2.49. The number of rotatable bonds is 6. The highest BCUT2D eigenvalue weighted by molar-refractivity contribution is 5.70. The quantitative estimate of drug-likeness (QED) is 0.270. The van der Waals surface area contributed by atoms with Crippen molar-refractivity contribution in [2.24, 2.45) is 0 Å². The van der Waals surface area contributed by atoms with Crippen molar-refractivity contribution >= 4 is 17.1 Å². The van der Waals surface area contributed by atoms with E-state index in [2.05, 4.69) is 15.0 Å². The van der Waals surface area contributed by atoms with E-state index in [-0.39, 0.29) is 30.3 Å². The van der Waals surface area contributed by atoms with Crippen molar-refractivity contribution in [1.82, 2.24) is 19.5 Å². The highest BCUT2D eigenvalue weighted by Crippen LogP contribution is 2.40. The van der Waals surface area contributed by atoms with Crippen LogP contribution < -0.4 is 11.3 Å². The van der Waals surface area contributed by atoms with Crippen LogP contribution in [0.3, 0.4) is 0 Å². The van der Waals surface area contributed by atoms with E-state index < -0.39 is 36.4 Å². The first-order valence-electron chi connectivity index (χ1n) is 7.44. The van der Waals surface area contributed by atoms with Crippen molar-refractivity contribution < 1.29 is 29.5 Å². The Labute approximate surface area is 140 Å². The Bertz CT molecular complexity index is 808. The maximum Gasteiger partial charge on any atom is 0.280 e. The van der Waals surface area contributed by atoms with E-state index in [9.17, 15) is 20.1 Å². The maximum atomic E-state index is 11.9. The number of nitrogens with one attached hydrogen (secondary N) is 1. The summed E-state index contributed by atoms with van der Waals surface area (Å²) >= 11 is 0. The van der Waals surface area contributed by atoms with Crippen molar-refractivity contribution in [3.05, 3.63) is 16.7 Å². The number of aliphatic hydroxyl groups excluding tert-OH is 2. The molecule has 25 heavy (non-hydrogen) atoms. The molecule has 0 bridgehead atoms. The van der Waals surface area contributed by atoms with Crippen LogP contribution in [0.5, 0.6) is 0 Å². The number of aromatic amines is 1. The summed E-state index contributed by atoms with van der Waals surface area (Å²) in [6.07, 6.45) is -2.80. The third-order valence-corrected chi connectivity index (χ3v) is 3.94. The minimum absolute atomic E-state index is 0.0287. The Hall–Kier alpha value is -2.09. The van der Waals surface area contributed by atoms with Gasteiger partial charge in [0.05, 0.1) is 26.1 Å². The largest absolute Gasteiger partial charge is 0.394 e. The van der Waals surface area contributed by atoms with Gasteiger partial charge in [-0.05, 0) is 0 Å². The molecule has 6 N–H and O–H groups in total. The number of nitrogens with zero attached hydrogens (tertiary/aromatic N) is 3. The van der Waals surface area contributed by atoms with Gasteiger partial charge in [-0.3, -0.25) is 14.3 Å². The zero-order chi connectivity index (χ0) is 18.2. The average Bonchev–Trinajstić information content (AvgIpc) is 3.08. The van der Waals surface area contributed by atoms with Crippen LogP contribution in [0.2, 0.25) is 0 Å². The summed E-state index contributed by atoms with van der Waals surface area (Å²) < 4.78 is 17.0. The number of aromatic nitrogens is 4. The molecule has 3 heterocycles. The van der Waals surface area contributed by atoms with Gasteiger partial charge in [0.2, 0.25) is 11.7 Å². The summed E-state index contributed by atoms with van der Waals surface area (Å²) in [5.41, 5.74) is 4.99. The zero-order valence-corrected chi connectivity index (χ0v) is 13.3. The topological polar surface area (TPSA) is 178 Å². The average molecular weight is 357 g/mol. The fourth-order valence-electron chi connectivity index (χ4n) is 2.72. The Morgan fingerprint density at radius 1 is 1.52 bits per heavy atom. The van der Waals surface area contributed by atoms with Crippen LogP contribution in [0.4, 0.5) is 5.95 Å². The highest BCUT2D eigenvalue weighted by atomic mass is 16.7. The Kier molecular flexibility index (Phi) is 4.73. The molecule has 0 amide bonds. The number of hydrogen-bond donors (Lipinski definition) is 5. The molecule has 2 aromatic rings. The number of anilines is 1. The van der Waals surface area contributed by atoms with Crippen molar-refractivity contribution in [2.75, 3.05) is 32.7 Å². The highest BCUT2D eigenvalue weighted by Gasteiger charge is 2.58. The summed E-state index contributed by atoms with van der Waals surface area (Å²) in [4.78, 5) is 22.1. The number of H-pyrrole nitrogens is 1. The molecule has 0 aromatic carbocycles. The van der Waals surface area contributed by atoms with Gasteiger partial charge in [0.15, 0.2) is 17.4 Å². The molecule has 1 saturated heterocycles. The molecule has 2 aromatic heterocycles. The minimum Gasteiger partial charge on any atom is -0.394 e. The second kappa shape index (κ2) is 6.67. The van der Waals surface area contributed by atoms with Gasteiger partial charge in [0, 0.05) is 7.11 Å². The predicted molar refractivity (Wildman–Crippen MR) is 82.3 cm³/mol. The summed E-state index contributed by atoms with van der Waals surface area (Å²) in [7, 11) is 1.45. The van der Waals surface area contributed by atoms with Crippen molar-refractivity contribution in [3.63, 3.8) is 0 Å². The molecule has 0 unspecified atom stereocenters. The SMILES string of the molecule is COCCO[C@@]1(O)[C@H](O)[C@@H](CO)O[C@H]1n1cnc2c(=O)[nH]c(N)nc21. The lowest BCUT2D eigenvalue weighted by atomic mass is 10.1. The van der Waals surface area contributed by atoms with Crippen LogP contribution in [-0.4, -0.2) is 79.8 Å². The summed E-state index contributed by atoms with van der Waals surface area (Å²) in [5, 5.41) is 30.5. The summed E-state index contributed by atoms with van der Waals surface area (Å²) in [5.74, 6) is -2.38. The summed E-state index contributed by atoms with van der Waals surface area (Å²) in [6, 6.07) is 0. The summed E-state index contributed by atoms with van der Waals surface area (Å²) in [6.45, 7) is -0.456. The molecule has 12 nitrogen and oxygen atoms in total. The van der Waals surface area contributed by atoms with Gasteiger partial charge >= 0.3 is 0 Å². The van der Waals surface area contributed by atoms with Crippen LogP contribution in [0.25, 0.3) is 11.2 Å². The molecule has 3 rings (SSSR count). The van der Waals surface area contributed by atoms with Crippen LogP contribution in [0.15, 0.2) is 11.1 Å². The van der Waals surface area contributed by atoms with E-state index in [1.54, 1.807) is 0 Å². The number of ether oxygens (including phenoxy) is 3.